The monoisotopic (exact) mass is 303 g/mol. The topological polar surface area (TPSA) is 38.8 Å². The Morgan fingerprint density at radius 2 is 1.60 bits per heavy atom. The average molecular weight is 304 g/mol. The number of likely N-dealkylation sites (N-methyl/N-ethyl adjacent to an activating group) is 1. The van der Waals surface area contributed by atoms with E-state index in [1.807, 2.05) is 27.7 Å². The maximum Gasteiger partial charge on any atom is 0.410 e. The lowest BCUT2D eigenvalue weighted by Gasteiger charge is -2.38. The number of carbonyl (C=O) groups is 1. The molecule has 0 N–H and O–H groups in total. The number of carbonyl (C=O) groups excluding carboxylic acids is 1. The predicted molar refractivity (Wildman–Crippen MR) is 86.6 cm³/mol. The van der Waals surface area contributed by atoms with Gasteiger partial charge in [0, 0.05) is 7.05 Å². The van der Waals surface area contributed by atoms with E-state index in [9.17, 15) is 4.79 Å². The maximum absolute atomic E-state index is 12.0. The van der Waals surface area contributed by atoms with Gasteiger partial charge in [0.1, 0.15) is 5.60 Å². The molecular formula is C15H33NO3Si. The van der Waals surface area contributed by atoms with Crippen LogP contribution in [0.15, 0.2) is 0 Å². The number of ether oxygens (including phenoxy) is 1. The number of hydrogen-bond acceptors (Lipinski definition) is 3. The molecule has 1 atom stereocenters. The third kappa shape index (κ3) is 6.26. The minimum absolute atomic E-state index is 0.000949. The first-order valence-corrected chi connectivity index (χ1v) is 10.2. The Bertz CT molecular complexity index is 329. The summed E-state index contributed by atoms with van der Waals surface area (Å²) in [5.74, 6) is 0. The Labute approximate surface area is 126 Å². The van der Waals surface area contributed by atoms with Gasteiger partial charge in [-0.2, -0.15) is 0 Å². The standard InChI is InChI=1S/C15H33NO3Si/c1-12(11-18-20(9,10)15(5,6)7)16(8)13(17)19-14(2,3)4/h12H,11H2,1-10H3/t12-/m0/s1. The summed E-state index contributed by atoms with van der Waals surface area (Å²) in [6, 6.07) is -0.000949. The van der Waals surface area contributed by atoms with Crippen molar-refractivity contribution in [2.75, 3.05) is 13.7 Å². The fourth-order valence-electron chi connectivity index (χ4n) is 1.17. The average Bonchev–Trinajstić information content (AvgIpc) is 2.20. The summed E-state index contributed by atoms with van der Waals surface area (Å²) < 4.78 is 11.5. The van der Waals surface area contributed by atoms with Gasteiger partial charge in [0.15, 0.2) is 8.32 Å². The van der Waals surface area contributed by atoms with Crippen molar-refractivity contribution in [3.8, 4) is 0 Å². The van der Waals surface area contributed by atoms with Crippen LogP contribution in [0.3, 0.4) is 0 Å². The zero-order valence-electron chi connectivity index (χ0n) is 15.0. The molecule has 0 heterocycles. The molecule has 0 saturated heterocycles. The molecule has 5 heteroatoms. The van der Waals surface area contributed by atoms with Crippen molar-refractivity contribution in [2.24, 2.45) is 0 Å². The van der Waals surface area contributed by atoms with Gasteiger partial charge in [-0.25, -0.2) is 4.79 Å². The largest absolute Gasteiger partial charge is 0.444 e. The molecule has 120 valence electrons. The summed E-state index contributed by atoms with van der Waals surface area (Å²) in [6.45, 7) is 19.2. The van der Waals surface area contributed by atoms with Gasteiger partial charge in [-0.1, -0.05) is 20.8 Å². The first-order valence-electron chi connectivity index (χ1n) is 7.27. The molecule has 4 nitrogen and oxygen atoms in total. The molecule has 0 fully saturated rings. The lowest BCUT2D eigenvalue weighted by Crippen LogP contribution is -2.46. The maximum atomic E-state index is 12.0. The van der Waals surface area contributed by atoms with E-state index in [4.69, 9.17) is 9.16 Å². The first kappa shape index (κ1) is 19.4. The Hall–Kier alpha value is -0.553. The lowest BCUT2D eigenvalue weighted by atomic mass is 10.2. The highest BCUT2D eigenvalue weighted by Crippen LogP contribution is 2.36. The van der Waals surface area contributed by atoms with Crippen molar-refractivity contribution >= 4 is 14.4 Å². The van der Waals surface area contributed by atoms with Crippen LogP contribution in [0.2, 0.25) is 18.1 Å². The summed E-state index contributed by atoms with van der Waals surface area (Å²) in [4.78, 5) is 13.6. The molecule has 0 aromatic carbocycles. The predicted octanol–water partition coefficient (Wildman–Crippen LogP) is 4.26. The molecule has 1 amide bonds. The van der Waals surface area contributed by atoms with Crippen LogP contribution in [0, 0.1) is 0 Å². The van der Waals surface area contributed by atoms with Gasteiger partial charge in [0.2, 0.25) is 0 Å². The molecule has 0 rings (SSSR count). The summed E-state index contributed by atoms with van der Waals surface area (Å²) in [6.07, 6.45) is -0.302. The van der Waals surface area contributed by atoms with Gasteiger partial charge in [-0.15, -0.1) is 0 Å². The van der Waals surface area contributed by atoms with Crippen molar-refractivity contribution in [3.63, 3.8) is 0 Å². The second-order valence-corrected chi connectivity index (χ2v) is 12.8. The van der Waals surface area contributed by atoms with E-state index >= 15 is 0 Å². The van der Waals surface area contributed by atoms with Gasteiger partial charge >= 0.3 is 6.09 Å². The van der Waals surface area contributed by atoms with E-state index in [0.29, 0.717) is 6.61 Å². The normalized spacial score (nSPS) is 14.9. The highest BCUT2D eigenvalue weighted by molar-refractivity contribution is 6.74. The molecule has 20 heavy (non-hydrogen) atoms. The lowest BCUT2D eigenvalue weighted by molar-refractivity contribution is 0.0189. The Balaban J connectivity index is 4.49. The van der Waals surface area contributed by atoms with Crippen LogP contribution < -0.4 is 0 Å². The van der Waals surface area contributed by atoms with Gasteiger partial charge in [0.05, 0.1) is 12.6 Å². The van der Waals surface area contributed by atoms with Crippen molar-refractivity contribution in [1.82, 2.24) is 4.90 Å². The smallest absolute Gasteiger partial charge is 0.410 e. The molecule has 0 saturated carbocycles. The van der Waals surface area contributed by atoms with Crippen LogP contribution >= 0.6 is 0 Å². The summed E-state index contributed by atoms with van der Waals surface area (Å²) >= 11 is 0. The highest BCUT2D eigenvalue weighted by Gasteiger charge is 2.37. The summed E-state index contributed by atoms with van der Waals surface area (Å²) in [7, 11) is -0.0162. The molecular weight excluding hydrogens is 270 g/mol. The van der Waals surface area contributed by atoms with Crippen LogP contribution in [0.4, 0.5) is 4.79 Å². The Morgan fingerprint density at radius 1 is 1.15 bits per heavy atom. The van der Waals surface area contributed by atoms with Crippen molar-refractivity contribution in [1.29, 1.82) is 0 Å². The SMILES string of the molecule is C[C@@H](CO[Si](C)(C)C(C)(C)C)N(C)C(=O)OC(C)(C)C. The molecule has 0 bridgehead atoms. The van der Waals surface area contributed by atoms with Gasteiger partial charge in [-0.3, -0.25) is 0 Å². The number of rotatable bonds is 4. The zero-order chi connectivity index (χ0) is 16.4. The quantitative estimate of drug-likeness (QED) is 0.728. The van der Waals surface area contributed by atoms with E-state index in [2.05, 4.69) is 33.9 Å². The van der Waals surface area contributed by atoms with Crippen molar-refractivity contribution < 1.29 is 14.0 Å². The zero-order valence-corrected chi connectivity index (χ0v) is 16.0. The molecule has 0 aliphatic heterocycles. The van der Waals surface area contributed by atoms with E-state index in [1.165, 1.54) is 0 Å². The molecule has 0 aliphatic carbocycles. The van der Waals surface area contributed by atoms with Crippen molar-refractivity contribution in [2.45, 2.75) is 78.2 Å². The molecule has 0 spiro atoms. The minimum atomic E-state index is -1.77. The third-order valence-corrected chi connectivity index (χ3v) is 8.33. The van der Waals surface area contributed by atoms with Gasteiger partial charge in [-0.05, 0) is 45.8 Å². The van der Waals surface area contributed by atoms with E-state index < -0.39 is 13.9 Å². The fourth-order valence-corrected chi connectivity index (χ4v) is 2.26. The summed E-state index contributed by atoms with van der Waals surface area (Å²) in [5.41, 5.74) is -0.467. The molecule has 0 aromatic heterocycles. The highest BCUT2D eigenvalue weighted by atomic mass is 28.4. The molecule has 0 radical (unpaired) electrons. The first-order chi connectivity index (χ1) is 8.67. The van der Waals surface area contributed by atoms with Crippen LogP contribution in [0.5, 0.6) is 0 Å². The Morgan fingerprint density at radius 3 is 1.95 bits per heavy atom. The fraction of sp³-hybridized carbons (Fsp3) is 0.933. The summed E-state index contributed by atoms with van der Waals surface area (Å²) in [5, 5.41) is 0.178. The second-order valence-electron chi connectivity index (χ2n) is 8.01. The number of hydrogen-bond donors (Lipinski definition) is 0. The molecule has 0 aliphatic rings. The minimum Gasteiger partial charge on any atom is -0.444 e. The van der Waals surface area contributed by atoms with E-state index in [-0.39, 0.29) is 17.2 Å². The van der Waals surface area contributed by atoms with E-state index in [1.54, 1.807) is 11.9 Å². The van der Waals surface area contributed by atoms with Crippen LogP contribution in [0.1, 0.15) is 48.5 Å². The van der Waals surface area contributed by atoms with Crippen LogP contribution in [0.25, 0.3) is 0 Å². The van der Waals surface area contributed by atoms with Gasteiger partial charge in [0.25, 0.3) is 0 Å². The van der Waals surface area contributed by atoms with Crippen LogP contribution in [-0.4, -0.2) is 44.6 Å². The number of amides is 1. The van der Waals surface area contributed by atoms with Gasteiger partial charge < -0.3 is 14.1 Å². The van der Waals surface area contributed by atoms with Crippen molar-refractivity contribution in [3.05, 3.63) is 0 Å². The van der Waals surface area contributed by atoms with E-state index in [0.717, 1.165) is 0 Å². The second kappa shape index (κ2) is 6.48. The third-order valence-electron chi connectivity index (χ3n) is 3.83. The number of nitrogens with zero attached hydrogens (tertiary/aromatic N) is 1. The molecule has 0 unspecified atom stereocenters. The van der Waals surface area contributed by atoms with Crippen LogP contribution in [-0.2, 0) is 9.16 Å². The Kier molecular flexibility index (Phi) is 6.30. The molecule has 0 aromatic rings.